The van der Waals surface area contributed by atoms with Crippen molar-refractivity contribution in [2.24, 2.45) is 0 Å². The summed E-state index contributed by atoms with van der Waals surface area (Å²) < 4.78 is 17.3. The Bertz CT molecular complexity index is 971. The molecular formula is C21H20N2O4S. The third kappa shape index (κ3) is 3.89. The summed E-state index contributed by atoms with van der Waals surface area (Å²) in [7, 11) is 0. The average molecular weight is 396 g/mol. The molecule has 0 amide bonds. The fourth-order valence-electron chi connectivity index (χ4n) is 2.88. The van der Waals surface area contributed by atoms with Gasteiger partial charge in [0.1, 0.15) is 6.61 Å². The lowest BCUT2D eigenvalue weighted by Crippen LogP contribution is -2.21. The summed E-state index contributed by atoms with van der Waals surface area (Å²) in [6.07, 6.45) is 0.477. The summed E-state index contributed by atoms with van der Waals surface area (Å²) in [5.74, 6) is 1.70. The second-order valence-corrected chi connectivity index (χ2v) is 7.74. The number of rotatable bonds is 6. The van der Waals surface area contributed by atoms with Crippen LogP contribution in [0.3, 0.4) is 0 Å². The molecule has 144 valence electrons. The zero-order valence-corrected chi connectivity index (χ0v) is 16.4. The Balaban J connectivity index is 1.41. The predicted molar refractivity (Wildman–Crippen MR) is 105 cm³/mol. The summed E-state index contributed by atoms with van der Waals surface area (Å²) in [6.45, 7) is 4.21. The number of para-hydroxylation sites is 2. The molecule has 28 heavy (non-hydrogen) atoms. The lowest BCUT2D eigenvalue weighted by molar-refractivity contribution is 0.0686. The van der Waals surface area contributed by atoms with Crippen LogP contribution >= 0.6 is 11.8 Å². The van der Waals surface area contributed by atoms with E-state index in [9.17, 15) is 4.79 Å². The molecule has 1 aromatic heterocycles. The Morgan fingerprint density at radius 2 is 1.89 bits per heavy atom. The first-order valence-corrected chi connectivity index (χ1v) is 10.0. The molecule has 0 fully saturated rings. The fourth-order valence-corrected chi connectivity index (χ4v) is 3.65. The number of carbonyl (C=O) groups excluding carboxylic acids is 1. The van der Waals surface area contributed by atoms with Crippen molar-refractivity contribution in [1.82, 2.24) is 10.2 Å². The van der Waals surface area contributed by atoms with Gasteiger partial charge in [-0.15, -0.1) is 10.2 Å². The van der Waals surface area contributed by atoms with Crippen molar-refractivity contribution in [2.45, 2.75) is 36.8 Å². The molecule has 0 aliphatic carbocycles. The highest BCUT2D eigenvalue weighted by Crippen LogP contribution is 2.36. The largest absolute Gasteiger partial charge is 0.485 e. The van der Waals surface area contributed by atoms with Gasteiger partial charge in [0, 0.05) is 5.56 Å². The summed E-state index contributed by atoms with van der Waals surface area (Å²) in [5, 5.41) is 8.11. The molecule has 0 N–H and O–H groups in total. The highest BCUT2D eigenvalue weighted by Gasteiger charge is 2.28. The molecule has 2 unspecified atom stereocenters. The second-order valence-electron chi connectivity index (χ2n) is 6.45. The van der Waals surface area contributed by atoms with Crippen LogP contribution in [-0.4, -0.2) is 27.8 Å². The minimum atomic E-state index is -0.468. The van der Waals surface area contributed by atoms with E-state index >= 15 is 0 Å². The van der Waals surface area contributed by atoms with Crippen molar-refractivity contribution in [2.75, 3.05) is 6.61 Å². The Hall–Kier alpha value is -2.80. The Labute approximate surface area is 167 Å². The van der Waals surface area contributed by atoms with Gasteiger partial charge < -0.3 is 13.9 Å². The summed E-state index contributed by atoms with van der Waals surface area (Å²) in [5.41, 5.74) is 1.88. The predicted octanol–water partition coefficient (Wildman–Crippen LogP) is 4.51. The van der Waals surface area contributed by atoms with E-state index in [2.05, 4.69) is 17.1 Å². The molecule has 0 saturated heterocycles. The molecule has 1 aliphatic heterocycles. The van der Waals surface area contributed by atoms with Gasteiger partial charge in [-0.1, -0.05) is 55.1 Å². The van der Waals surface area contributed by atoms with Crippen LogP contribution in [-0.2, 0) is 6.42 Å². The molecule has 0 spiro atoms. The van der Waals surface area contributed by atoms with Crippen LogP contribution < -0.4 is 9.47 Å². The number of ether oxygens (including phenoxy) is 2. The monoisotopic (exact) mass is 396 g/mol. The first-order valence-electron chi connectivity index (χ1n) is 9.15. The summed E-state index contributed by atoms with van der Waals surface area (Å²) in [6, 6.07) is 15.1. The lowest BCUT2D eigenvalue weighted by atomic mass is 10.1. The highest BCUT2D eigenvalue weighted by molar-refractivity contribution is 8.00. The van der Waals surface area contributed by atoms with Gasteiger partial charge in [0.25, 0.3) is 11.1 Å². The number of carbonyl (C=O) groups is 1. The molecule has 6 nitrogen and oxygen atoms in total. The van der Waals surface area contributed by atoms with Crippen LogP contribution in [0, 0.1) is 0 Å². The zero-order valence-electron chi connectivity index (χ0n) is 15.6. The molecule has 2 aromatic carbocycles. The lowest BCUT2D eigenvalue weighted by Gasteiger charge is -2.23. The molecule has 2 heterocycles. The molecule has 0 bridgehead atoms. The van der Waals surface area contributed by atoms with Gasteiger partial charge in [-0.25, -0.2) is 0 Å². The Morgan fingerprint density at radius 3 is 2.64 bits per heavy atom. The van der Waals surface area contributed by atoms with Crippen molar-refractivity contribution >= 4 is 17.5 Å². The van der Waals surface area contributed by atoms with Crippen molar-refractivity contribution in [1.29, 1.82) is 0 Å². The van der Waals surface area contributed by atoms with E-state index < -0.39 is 6.10 Å². The van der Waals surface area contributed by atoms with Crippen LogP contribution in [0.4, 0.5) is 0 Å². The maximum absolute atomic E-state index is 12.6. The molecular weight excluding hydrogens is 376 g/mol. The summed E-state index contributed by atoms with van der Waals surface area (Å²) in [4.78, 5) is 12.6. The van der Waals surface area contributed by atoms with Crippen molar-refractivity contribution in [3.8, 4) is 11.5 Å². The number of fused-ring (bicyclic) bond motifs is 1. The smallest absolute Gasteiger partial charge is 0.277 e. The fraction of sp³-hybridized carbons (Fsp3) is 0.286. The molecule has 1 aliphatic rings. The Kier molecular flexibility index (Phi) is 5.34. The zero-order chi connectivity index (χ0) is 19.5. The van der Waals surface area contributed by atoms with Gasteiger partial charge in [0.15, 0.2) is 17.3 Å². The number of aromatic nitrogens is 2. The SMILES string of the molecule is CCc1ccc(C(=O)C(C)Sc2nnc(C3COc4ccccc4O3)o2)cc1. The van der Waals surface area contributed by atoms with Gasteiger partial charge in [0.2, 0.25) is 6.10 Å². The number of nitrogens with zero attached hydrogens (tertiary/aromatic N) is 2. The first kappa shape index (κ1) is 18.6. The summed E-state index contributed by atoms with van der Waals surface area (Å²) >= 11 is 1.24. The van der Waals surface area contributed by atoms with Crippen LogP contribution in [0.15, 0.2) is 58.2 Å². The number of hydrogen-bond acceptors (Lipinski definition) is 7. The van der Waals surface area contributed by atoms with Crippen LogP contribution in [0.2, 0.25) is 0 Å². The molecule has 3 aromatic rings. The molecule has 2 atom stereocenters. The molecule has 7 heteroatoms. The van der Waals surface area contributed by atoms with E-state index in [1.165, 1.54) is 17.3 Å². The molecule has 4 rings (SSSR count). The van der Waals surface area contributed by atoms with Crippen molar-refractivity contribution in [3.63, 3.8) is 0 Å². The number of benzene rings is 2. The number of aryl methyl sites for hydroxylation is 1. The number of ketones is 1. The van der Waals surface area contributed by atoms with Gasteiger partial charge in [-0.3, -0.25) is 4.79 Å². The number of thioether (sulfide) groups is 1. The van der Waals surface area contributed by atoms with E-state index in [0.29, 0.717) is 34.8 Å². The van der Waals surface area contributed by atoms with E-state index in [4.69, 9.17) is 13.9 Å². The normalized spacial score (nSPS) is 16.6. The van der Waals surface area contributed by atoms with Gasteiger partial charge in [0.05, 0.1) is 5.25 Å². The maximum Gasteiger partial charge on any atom is 0.277 e. The van der Waals surface area contributed by atoms with Gasteiger partial charge in [-0.05, 0) is 31.0 Å². The second kappa shape index (κ2) is 8.06. The van der Waals surface area contributed by atoms with Crippen LogP contribution in [0.5, 0.6) is 11.5 Å². The van der Waals surface area contributed by atoms with Gasteiger partial charge in [-0.2, -0.15) is 0 Å². The first-order chi connectivity index (χ1) is 13.6. The number of hydrogen-bond donors (Lipinski definition) is 0. The number of Topliss-reactive ketones (excluding diaryl/α,β-unsaturated/α-hetero) is 1. The minimum Gasteiger partial charge on any atom is -0.485 e. The van der Waals surface area contributed by atoms with Crippen molar-refractivity contribution in [3.05, 3.63) is 65.5 Å². The van der Waals surface area contributed by atoms with E-state index in [0.717, 1.165) is 6.42 Å². The minimum absolute atomic E-state index is 0.0265. The van der Waals surface area contributed by atoms with E-state index in [-0.39, 0.29) is 11.0 Å². The maximum atomic E-state index is 12.6. The Morgan fingerprint density at radius 1 is 1.14 bits per heavy atom. The third-order valence-electron chi connectivity index (χ3n) is 4.50. The topological polar surface area (TPSA) is 74.5 Å². The van der Waals surface area contributed by atoms with Crippen molar-refractivity contribution < 1.29 is 18.7 Å². The van der Waals surface area contributed by atoms with Crippen LogP contribution in [0.25, 0.3) is 0 Å². The van der Waals surface area contributed by atoms with E-state index in [1.807, 2.05) is 55.5 Å². The molecule has 0 radical (unpaired) electrons. The standard InChI is InChI=1S/C21H20N2O4S/c1-3-14-8-10-15(11-9-14)19(24)13(2)28-21-23-22-20(27-21)18-12-25-16-6-4-5-7-17(16)26-18/h4-11,13,18H,3,12H2,1-2H3. The average Bonchev–Trinajstić information content (AvgIpc) is 3.21. The third-order valence-corrected chi connectivity index (χ3v) is 5.43. The van der Waals surface area contributed by atoms with Gasteiger partial charge >= 0.3 is 0 Å². The quantitative estimate of drug-likeness (QED) is 0.448. The highest BCUT2D eigenvalue weighted by atomic mass is 32.2. The van der Waals surface area contributed by atoms with Crippen LogP contribution in [0.1, 0.15) is 41.8 Å². The molecule has 0 saturated carbocycles. The van der Waals surface area contributed by atoms with E-state index in [1.54, 1.807) is 0 Å².